The monoisotopic (exact) mass is 256 g/mol. The Balaban J connectivity index is 2.65. The highest BCUT2D eigenvalue weighted by Gasteiger charge is 2.31. The van der Waals surface area contributed by atoms with Crippen molar-refractivity contribution in [1.29, 1.82) is 0 Å². The number of urea groups is 1. The SMILES string of the molecule is CCN(CC)C(=O)NC1CCCCCC1C(=O)O. The summed E-state index contributed by atoms with van der Waals surface area (Å²) in [7, 11) is 0. The van der Waals surface area contributed by atoms with Crippen molar-refractivity contribution < 1.29 is 14.7 Å². The normalized spacial score (nSPS) is 24.1. The third-order valence-corrected chi connectivity index (χ3v) is 3.69. The zero-order valence-corrected chi connectivity index (χ0v) is 11.3. The molecule has 0 saturated heterocycles. The van der Waals surface area contributed by atoms with Crippen LogP contribution in [0.1, 0.15) is 46.0 Å². The van der Waals surface area contributed by atoms with E-state index in [1.54, 1.807) is 4.90 Å². The Morgan fingerprint density at radius 2 is 1.78 bits per heavy atom. The fraction of sp³-hybridized carbons (Fsp3) is 0.846. The molecule has 0 aromatic carbocycles. The van der Waals surface area contributed by atoms with E-state index in [4.69, 9.17) is 0 Å². The maximum absolute atomic E-state index is 12.0. The molecule has 0 bridgehead atoms. The van der Waals surface area contributed by atoms with E-state index in [9.17, 15) is 14.7 Å². The molecule has 2 unspecified atom stereocenters. The van der Waals surface area contributed by atoms with Crippen molar-refractivity contribution in [3.05, 3.63) is 0 Å². The lowest BCUT2D eigenvalue weighted by molar-refractivity contribution is -0.142. The maximum atomic E-state index is 12.0. The minimum Gasteiger partial charge on any atom is -0.481 e. The minimum absolute atomic E-state index is 0.141. The number of carbonyl (C=O) groups excluding carboxylic acids is 1. The summed E-state index contributed by atoms with van der Waals surface area (Å²) < 4.78 is 0. The van der Waals surface area contributed by atoms with E-state index in [1.807, 2.05) is 13.8 Å². The molecule has 2 N–H and O–H groups in total. The largest absolute Gasteiger partial charge is 0.481 e. The highest BCUT2D eigenvalue weighted by atomic mass is 16.4. The Morgan fingerprint density at radius 3 is 2.33 bits per heavy atom. The summed E-state index contributed by atoms with van der Waals surface area (Å²) in [5.74, 6) is -1.23. The number of rotatable bonds is 4. The van der Waals surface area contributed by atoms with E-state index in [2.05, 4.69) is 5.32 Å². The molecule has 0 aromatic rings. The molecule has 0 radical (unpaired) electrons. The molecular weight excluding hydrogens is 232 g/mol. The van der Waals surface area contributed by atoms with Gasteiger partial charge in [0.25, 0.3) is 0 Å². The van der Waals surface area contributed by atoms with Crippen LogP contribution in [-0.2, 0) is 4.79 Å². The summed E-state index contributed by atoms with van der Waals surface area (Å²) >= 11 is 0. The lowest BCUT2D eigenvalue weighted by Crippen LogP contribution is -2.48. The van der Waals surface area contributed by atoms with E-state index in [1.165, 1.54) is 0 Å². The van der Waals surface area contributed by atoms with Crippen molar-refractivity contribution in [1.82, 2.24) is 10.2 Å². The second-order valence-electron chi connectivity index (χ2n) is 4.81. The van der Waals surface area contributed by atoms with Gasteiger partial charge in [0.1, 0.15) is 0 Å². The Kier molecular flexibility index (Phi) is 5.95. The van der Waals surface area contributed by atoms with E-state index >= 15 is 0 Å². The first-order valence-corrected chi connectivity index (χ1v) is 6.88. The van der Waals surface area contributed by atoms with Gasteiger partial charge < -0.3 is 15.3 Å². The minimum atomic E-state index is -0.790. The number of hydrogen-bond acceptors (Lipinski definition) is 2. The van der Waals surface area contributed by atoms with Gasteiger partial charge in [0.2, 0.25) is 0 Å². The predicted octanol–water partition coefficient (Wildman–Crippen LogP) is 2.07. The predicted molar refractivity (Wildman–Crippen MR) is 69.5 cm³/mol. The Hall–Kier alpha value is -1.26. The summed E-state index contributed by atoms with van der Waals surface area (Å²) in [6.45, 7) is 5.13. The first-order valence-electron chi connectivity index (χ1n) is 6.88. The fourth-order valence-electron chi connectivity index (χ4n) is 2.54. The molecule has 104 valence electrons. The molecule has 1 aliphatic carbocycles. The number of aliphatic carboxylic acids is 1. The molecule has 1 fully saturated rings. The van der Waals surface area contributed by atoms with Gasteiger partial charge in [-0.15, -0.1) is 0 Å². The number of carboxylic acids is 1. The number of amides is 2. The molecule has 1 aliphatic rings. The zero-order chi connectivity index (χ0) is 13.5. The highest BCUT2D eigenvalue weighted by Crippen LogP contribution is 2.24. The summed E-state index contributed by atoms with van der Waals surface area (Å²) in [6, 6.07) is -0.365. The number of carbonyl (C=O) groups is 2. The first-order chi connectivity index (χ1) is 8.60. The molecule has 1 saturated carbocycles. The van der Waals surface area contributed by atoms with Gasteiger partial charge in [-0.3, -0.25) is 4.79 Å². The third kappa shape index (κ3) is 3.89. The molecule has 1 rings (SSSR count). The molecule has 0 spiro atoms. The smallest absolute Gasteiger partial charge is 0.317 e. The fourth-order valence-corrected chi connectivity index (χ4v) is 2.54. The molecule has 2 amide bonds. The van der Waals surface area contributed by atoms with Gasteiger partial charge in [-0.1, -0.05) is 19.3 Å². The number of nitrogens with zero attached hydrogens (tertiary/aromatic N) is 1. The number of nitrogens with one attached hydrogen (secondary N) is 1. The standard InChI is InChI=1S/C13H24N2O3/c1-3-15(4-2)13(18)14-11-9-7-5-6-8-10(11)12(16)17/h10-11H,3-9H2,1-2H3,(H,14,18)(H,16,17). The molecule has 0 aliphatic heterocycles. The van der Waals surface area contributed by atoms with Gasteiger partial charge in [0.05, 0.1) is 5.92 Å². The first kappa shape index (κ1) is 14.8. The van der Waals surface area contributed by atoms with E-state index in [0.29, 0.717) is 19.5 Å². The van der Waals surface area contributed by atoms with Crippen LogP contribution in [-0.4, -0.2) is 41.1 Å². The van der Waals surface area contributed by atoms with Gasteiger partial charge in [0, 0.05) is 19.1 Å². The summed E-state index contributed by atoms with van der Waals surface area (Å²) in [5.41, 5.74) is 0. The maximum Gasteiger partial charge on any atom is 0.317 e. The molecular formula is C13H24N2O3. The lowest BCUT2D eigenvalue weighted by atomic mass is 9.95. The van der Waals surface area contributed by atoms with Crippen molar-refractivity contribution in [2.75, 3.05) is 13.1 Å². The van der Waals surface area contributed by atoms with E-state index in [0.717, 1.165) is 25.7 Å². The van der Waals surface area contributed by atoms with Gasteiger partial charge >= 0.3 is 12.0 Å². The lowest BCUT2D eigenvalue weighted by Gasteiger charge is -2.27. The number of carboxylic acid groups (broad SMARTS) is 1. The van der Waals surface area contributed by atoms with E-state index < -0.39 is 11.9 Å². The summed E-state index contributed by atoms with van der Waals surface area (Å²) in [6.07, 6.45) is 4.42. The Bertz CT molecular complexity index is 290. The molecule has 18 heavy (non-hydrogen) atoms. The molecule has 5 heteroatoms. The van der Waals surface area contributed by atoms with Gasteiger partial charge in [0.15, 0.2) is 0 Å². The van der Waals surface area contributed by atoms with Crippen LogP contribution in [0.25, 0.3) is 0 Å². The van der Waals surface area contributed by atoms with Crippen molar-refractivity contribution in [2.45, 2.75) is 52.0 Å². The van der Waals surface area contributed by atoms with Crippen LogP contribution in [0.2, 0.25) is 0 Å². The van der Waals surface area contributed by atoms with Crippen molar-refractivity contribution in [3.63, 3.8) is 0 Å². The Labute approximate surface area is 109 Å². The second kappa shape index (κ2) is 7.24. The number of hydrogen-bond donors (Lipinski definition) is 2. The van der Waals surface area contributed by atoms with Crippen LogP contribution in [0.3, 0.4) is 0 Å². The highest BCUT2D eigenvalue weighted by molar-refractivity contribution is 5.76. The van der Waals surface area contributed by atoms with Gasteiger partial charge in [-0.2, -0.15) is 0 Å². The quantitative estimate of drug-likeness (QED) is 0.756. The zero-order valence-electron chi connectivity index (χ0n) is 11.3. The molecule has 0 aromatic heterocycles. The van der Waals surface area contributed by atoms with Crippen LogP contribution in [0.5, 0.6) is 0 Å². The van der Waals surface area contributed by atoms with Crippen molar-refractivity contribution in [2.24, 2.45) is 5.92 Å². The summed E-state index contributed by atoms with van der Waals surface area (Å²) in [4.78, 5) is 24.9. The summed E-state index contributed by atoms with van der Waals surface area (Å²) in [5, 5.41) is 12.1. The average molecular weight is 256 g/mol. The van der Waals surface area contributed by atoms with Crippen LogP contribution in [0, 0.1) is 5.92 Å². The van der Waals surface area contributed by atoms with Crippen LogP contribution < -0.4 is 5.32 Å². The van der Waals surface area contributed by atoms with Crippen molar-refractivity contribution >= 4 is 12.0 Å². The van der Waals surface area contributed by atoms with Crippen LogP contribution >= 0.6 is 0 Å². The average Bonchev–Trinajstić information content (AvgIpc) is 2.56. The molecule has 2 atom stereocenters. The van der Waals surface area contributed by atoms with E-state index in [-0.39, 0.29) is 12.1 Å². The van der Waals surface area contributed by atoms with Gasteiger partial charge in [-0.05, 0) is 26.7 Å². The van der Waals surface area contributed by atoms with Crippen LogP contribution in [0.15, 0.2) is 0 Å². The third-order valence-electron chi connectivity index (χ3n) is 3.69. The van der Waals surface area contributed by atoms with Crippen molar-refractivity contribution in [3.8, 4) is 0 Å². The Morgan fingerprint density at radius 1 is 1.17 bits per heavy atom. The second-order valence-corrected chi connectivity index (χ2v) is 4.81. The molecule has 0 heterocycles. The topological polar surface area (TPSA) is 69.6 Å². The van der Waals surface area contributed by atoms with Gasteiger partial charge in [-0.25, -0.2) is 4.79 Å². The van der Waals surface area contributed by atoms with Crippen LogP contribution in [0.4, 0.5) is 4.79 Å². The molecule has 5 nitrogen and oxygen atoms in total.